The Hall–Kier alpha value is -2.44. The molecule has 3 aromatic rings. The molecule has 0 amide bonds. The van der Waals surface area contributed by atoms with Crippen molar-refractivity contribution >= 4 is 28.9 Å². The van der Waals surface area contributed by atoms with Crippen LogP contribution in [-0.2, 0) is 11.2 Å². The van der Waals surface area contributed by atoms with Crippen LogP contribution in [0.2, 0.25) is 0 Å². The zero-order valence-corrected chi connectivity index (χ0v) is 16.1. The average Bonchev–Trinajstić information content (AvgIpc) is 3.20. The van der Waals surface area contributed by atoms with Crippen LogP contribution < -0.4 is 11.3 Å². The van der Waals surface area contributed by atoms with Gasteiger partial charge in [0.2, 0.25) is 5.95 Å². The number of aromatic nitrogens is 4. The van der Waals surface area contributed by atoms with E-state index in [1.807, 2.05) is 30.3 Å². The second-order valence-corrected chi connectivity index (χ2v) is 7.76. The van der Waals surface area contributed by atoms with Gasteiger partial charge in [0, 0.05) is 5.75 Å². The molecule has 1 aromatic carbocycles. The second-order valence-electron chi connectivity index (χ2n) is 6.70. The van der Waals surface area contributed by atoms with Crippen LogP contribution in [0.25, 0.3) is 11.2 Å². The maximum absolute atomic E-state index is 12.3. The summed E-state index contributed by atoms with van der Waals surface area (Å²) in [5, 5.41) is 30.4. The number of hydrogen-bond acceptors (Lipinski definition) is 9. The summed E-state index contributed by atoms with van der Waals surface area (Å²) in [6, 6.07) is 9.90. The highest BCUT2D eigenvalue weighted by atomic mass is 32.2. The molecule has 0 bridgehead atoms. The van der Waals surface area contributed by atoms with Gasteiger partial charge in [-0.15, -0.1) is 0 Å². The van der Waals surface area contributed by atoms with E-state index in [4.69, 9.17) is 10.5 Å². The van der Waals surface area contributed by atoms with Crippen molar-refractivity contribution < 1.29 is 20.1 Å². The number of aliphatic hydroxyl groups is 3. The van der Waals surface area contributed by atoms with Crippen LogP contribution >= 0.6 is 11.8 Å². The fourth-order valence-electron chi connectivity index (χ4n) is 3.31. The minimum Gasteiger partial charge on any atom is -0.394 e. The summed E-state index contributed by atoms with van der Waals surface area (Å²) < 4.78 is 7.10. The fraction of sp³-hybridized carbons (Fsp3) is 0.389. The third-order valence-corrected chi connectivity index (χ3v) is 5.73. The smallest absolute Gasteiger partial charge is 0.280 e. The molecule has 0 spiro atoms. The number of benzene rings is 1. The molecule has 4 atom stereocenters. The predicted octanol–water partition coefficient (Wildman–Crippen LogP) is -0.352. The molecular weight excluding hydrogens is 398 g/mol. The van der Waals surface area contributed by atoms with E-state index in [-0.39, 0.29) is 17.1 Å². The van der Waals surface area contributed by atoms with Gasteiger partial charge in [-0.05, 0) is 12.0 Å². The van der Waals surface area contributed by atoms with Gasteiger partial charge >= 0.3 is 0 Å². The highest BCUT2D eigenvalue weighted by Gasteiger charge is 2.45. The number of H-pyrrole nitrogens is 1. The lowest BCUT2D eigenvalue weighted by molar-refractivity contribution is -0.0548. The van der Waals surface area contributed by atoms with Crippen LogP contribution in [0, 0.1) is 0 Å². The molecule has 6 N–H and O–H groups in total. The van der Waals surface area contributed by atoms with E-state index in [2.05, 4.69) is 15.0 Å². The highest BCUT2D eigenvalue weighted by molar-refractivity contribution is 7.99. The molecule has 1 aliphatic rings. The maximum Gasteiger partial charge on any atom is 0.280 e. The number of aromatic amines is 1. The number of anilines is 1. The number of aliphatic hydroxyl groups excluding tert-OH is 3. The number of hydrogen-bond donors (Lipinski definition) is 5. The van der Waals surface area contributed by atoms with E-state index < -0.39 is 36.7 Å². The molecule has 0 radical (unpaired) electrons. The summed E-state index contributed by atoms with van der Waals surface area (Å²) in [6.07, 6.45) is -3.89. The summed E-state index contributed by atoms with van der Waals surface area (Å²) >= 11 is 1.36. The molecule has 1 aliphatic heterocycles. The van der Waals surface area contributed by atoms with Gasteiger partial charge in [-0.25, -0.2) is 4.98 Å². The molecule has 2 aromatic heterocycles. The Bertz CT molecular complexity index is 1060. The monoisotopic (exact) mass is 419 g/mol. The molecule has 0 saturated carbocycles. The largest absolute Gasteiger partial charge is 0.394 e. The molecule has 3 heterocycles. The Morgan fingerprint density at radius 2 is 1.97 bits per heavy atom. The first-order valence-corrected chi connectivity index (χ1v) is 10.0. The summed E-state index contributed by atoms with van der Waals surface area (Å²) in [5.74, 6) is 0.548. The van der Waals surface area contributed by atoms with Gasteiger partial charge in [0.1, 0.15) is 18.3 Å². The van der Waals surface area contributed by atoms with Gasteiger partial charge in [0.25, 0.3) is 5.56 Å². The minimum absolute atomic E-state index is 0.0548. The Morgan fingerprint density at radius 1 is 1.21 bits per heavy atom. The van der Waals surface area contributed by atoms with Crippen LogP contribution in [0.5, 0.6) is 0 Å². The van der Waals surface area contributed by atoms with E-state index >= 15 is 0 Å². The number of fused-ring (bicyclic) bond motifs is 1. The van der Waals surface area contributed by atoms with Crippen molar-refractivity contribution in [3.8, 4) is 0 Å². The Balaban J connectivity index is 1.70. The van der Waals surface area contributed by atoms with Crippen molar-refractivity contribution in [3.63, 3.8) is 0 Å². The molecule has 1 fully saturated rings. The van der Waals surface area contributed by atoms with Crippen molar-refractivity contribution in [2.75, 3.05) is 18.1 Å². The van der Waals surface area contributed by atoms with E-state index in [0.717, 1.165) is 12.0 Å². The quantitative estimate of drug-likeness (QED) is 0.336. The van der Waals surface area contributed by atoms with Crippen molar-refractivity contribution in [2.24, 2.45) is 0 Å². The maximum atomic E-state index is 12.3. The van der Waals surface area contributed by atoms with Gasteiger partial charge in [-0.2, -0.15) is 4.98 Å². The van der Waals surface area contributed by atoms with E-state index in [1.165, 1.54) is 16.3 Å². The van der Waals surface area contributed by atoms with Crippen LogP contribution in [0.1, 0.15) is 11.8 Å². The topological polar surface area (TPSA) is 160 Å². The molecule has 4 rings (SSSR count). The number of ether oxygens (including phenoxy) is 1. The molecular formula is C18H21N5O5S. The van der Waals surface area contributed by atoms with Crippen molar-refractivity contribution in [2.45, 2.75) is 36.1 Å². The lowest BCUT2D eigenvalue weighted by Crippen LogP contribution is -2.33. The number of thioether (sulfide) groups is 1. The first-order valence-electron chi connectivity index (χ1n) is 9.06. The van der Waals surface area contributed by atoms with Crippen molar-refractivity contribution in [1.82, 2.24) is 19.5 Å². The third-order valence-electron chi connectivity index (χ3n) is 4.77. The normalized spacial score (nSPS) is 24.4. The lowest BCUT2D eigenvalue weighted by Gasteiger charge is -2.19. The molecule has 11 heteroatoms. The first kappa shape index (κ1) is 19.9. The number of rotatable bonds is 6. The van der Waals surface area contributed by atoms with Gasteiger partial charge < -0.3 is 25.8 Å². The van der Waals surface area contributed by atoms with Gasteiger partial charge in [-0.3, -0.25) is 14.3 Å². The summed E-state index contributed by atoms with van der Waals surface area (Å²) in [6.45, 7) is -0.464. The zero-order valence-electron chi connectivity index (χ0n) is 15.3. The molecule has 0 aliphatic carbocycles. The second kappa shape index (κ2) is 8.13. The summed E-state index contributed by atoms with van der Waals surface area (Å²) in [4.78, 5) is 23.2. The van der Waals surface area contributed by atoms with E-state index in [0.29, 0.717) is 10.9 Å². The number of nitrogens with two attached hydrogens (primary N) is 1. The molecule has 1 saturated heterocycles. The van der Waals surface area contributed by atoms with Gasteiger partial charge in [0.15, 0.2) is 22.5 Å². The zero-order chi connectivity index (χ0) is 20.5. The van der Waals surface area contributed by atoms with Crippen molar-refractivity contribution in [1.29, 1.82) is 0 Å². The molecule has 10 nitrogen and oxygen atoms in total. The summed E-state index contributed by atoms with van der Waals surface area (Å²) in [5.41, 5.74) is 6.52. The van der Waals surface area contributed by atoms with E-state index in [1.54, 1.807) is 0 Å². The lowest BCUT2D eigenvalue weighted by atomic mass is 10.1. The number of nitrogens with one attached hydrogen (secondary N) is 1. The molecule has 29 heavy (non-hydrogen) atoms. The van der Waals surface area contributed by atoms with Crippen LogP contribution in [0.3, 0.4) is 0 Å². The SMILES string of the molecule is Nc1nc2c(nc(SCCc3ccccc3)n2[C@H]2O[C@@H](CO)[C@H](O)[C@H]2O)c(=O)[nH]1. The van der Waals surface area contributed by atoms with E-state index in [9.17, 15) is 20.1 Å². The predicted molar refractivity (Wildman–Crippen MR) is 106 cm³/mol. The number of aryl methyl sites for hydroxylation is 1. The number of nitrogens with zero attached hydrogens (tertiary/aromatic N) is 3. The summed E-state index contributed by atoms with van der Waals surface area (Å²) in [7, 11) is 0. The third kappa shape index (κ3) is 3.74. The van der Waals surface area contributed by atoms with Crippen molar-refractivity contribution in [3.05, 3.63) is 46.2 Å². The molecule has 0 unspecified atom stereocenters. The van der Waals surface area contributed by atoms with Gasteiger partial charge in [-0.1, -0.05) is 42.1 Å². The average molecular weight is 419 g/mol. The number of nitrogen functional groups attached to an aromatic ring is 1. The fourth-order valence-corrected chi connectivity index (χ4v) is 4.32. The van der Waals surface area contributed by atoms with Crippen LogP contribution in [0.15, 0.2) is 40.3 Å². The van der Waals surface area contributed by atoms with Crippen LogP contribution in [0.4, 0.5) is 5.95 Å². The first-order chi connectivity index (χ1) is 14.0. The van der Waals surface area contributed by atoms with Crippen LogP contribution in [-0.4, -0.2) is 65.5 Å². The standard InChI is InChI=1S/C18H21N5O5S/c19-17-21-14-11(15(27)22-17)20-18(29-7-6-9-4-2-1-3-5-9)23(14)16-13(26)12(25)10(8-24)28-16/h1-5,10,12-13,16,24-26H,6-8H2,(H3,19,21,22,27)/t10-,12-,13+,16-/m0/s1. The number of imidazole rings is 1. The molecule has 154 valence electrons. The van der Waals surface area contributed by atoms with Gasteiger partial charge in [0.05, 0.1) is 6.61 Å². The Morgan fingerprint density at radius 3 is 2.66 bits per heavy atom. The Labute approximate surface area is 169 Å². The Kier molecular flexibility index (Phi) is 5.56. The highest BCUT2D eigenvalue weighted by Crippen LogP contribution is 2.35. The minimum atomic E-state index is -1.33.